The summed E-state index contributed by atoms with van der Waals surface area (Å²) in [4.78, 5) is 27.1. The van der Waals surface area contributed by atoms with Crippen LogP contribution in [-0.2, 0) is 33.8 Å². The van der Waals surface area contributed by atoms with E-state index in [4.69, 9.17) is 33.0 Å². The van der Waals surface area contributed by atoms with Gasteiger partial charge in [-0.25, -0.2) is 0 Å². The number of esters is 1. The lowest BCUT2D eigenvalue weighted by atomic mass is 9.80. The first-order chi connectivity index (χ1) is 15.9. The summed E-state index contributed by atoms with van der Waals surface area (Å²) in [5.41, 5.74) is 4.29. The Labute approximate surface area is 205 Å². The summed E-state index contributed by atoms with van der Waals surface area (Å²) >= 11 is 12.4. The Morgan fingerprint density at radius 1 is 1.18 bits per heavy atom. The number of fused-ring (bicyclic) bond motifs is 1. The molecule has 1 aliphatic heterocycles. The molecule has 4 rings (SSSR count). The third-order valence-electron chi connectivity index (χ3n) is 6.96. The lowest BCUT2D eigenvalue weighted by Gasteiger charge is -2.31. The number of ether oxygens (including phenoxy) is 1. The van der Waals surface area contributed by atoms with Crippen LogP contribution in [-0.4, -0.2) is 39.7 Å². The van der Waals surface area contributed by atoms with Crippen molar-refractivity contribution in [2.45, 2.75) is 65.5 Å². The number of carbonyl (C=O) groups is 2. The lowest BCUT2D eigenvalue weighted by Crippen LogP contribution is -2.38. The monoisotopic (exact) mass is 491 g/mol. The molecule has 0 saturated heterocycles. The van der Waals surface area contributed by atoms with Crippen molar-refractivity contribution < 1.29 is 14.3 Å². The van der Waals surface area contributed by atoms with Gasteiger partial charge in [-0.2, -0.15) is 5.10 Å². The topological polar surface area (TPSA) is 64.4 Å². The van der Waals surface area contributed by atoms with Crippen LogP contribution in [0.3, 0.4) is 0 Å². The van der Waals surface area contributed by atoms with Gasteiger partial charge in [-0.15, -0.1) is 0 Å². The second-order valence-electron chi connectivity index (χ2n) is 9.14. The smallest absolute Gasteiger partial charge is 0.308 e. The Morgan fingerprint density at radius 2 is 1.94 bits per heavy atom. The fourth-order valence-corrected chi connectivity index (χ4v) is 5.54. The summed E-state index contributed by atoms with van der Waals surface area (Å²) in [5.74, 6) is 0.431. The molecule has 0 N–H and O–H groups in total. The highest BCUT2D eigenvalue weighted by Gasteiger charge is 2.31. The van der Waals surface area contributed by atoms with E-state index >= 15 is 0 Å². The SMILES string of the molecule is CCOC(=O)C1CCC(CC(=O)N2CCc3c(C)nn(Cc4ccc(Cl)cc4Cl)c3C2)CC1. The lowest BCUT2D eigenvalue weighted by molar-refractivity contribution is -0.149. The number of nitrogens with zero attached hydrogens (tertiary/aromatic N) is 3. The van der Waals surface area contributed by atoms with Crippen LogP contribution in [0.15, 0.2) is 18.2 Å². The number of aromatic nitrogens is 2. The molecule has 1 aromatic carbocycles. The number of amides is 1. The van der Waals surface area contributed by atoms with Crippen LogP contribution in [0.2, 0.25) is 10.0 Å². The zero-order chi connectivity index (χ0) is 23.5. The van der Waals surface area contributed by atoms with E-state index in [9.17, 15) is 9.59 Å². The molecule has 33 heavy (non-hydrogen) atoms. The van der Waals surface area contributed by atoms with Crippen LogP contribution >= 0.6 is 23.2 Å². The molecule has 1 amide bonds. The van der Waals surface area contributed by atoms with E-state index in [1.807, 2.05) is 35.6 Å². The summed E-state index contributed by atoms with van der Waals surface area (Å²) in [6, 6.07) is 5.50. The van der Waals surface area contributed by atoms with Gasteiger partial charge < -0.3 is 9.64 Å². The Kier molecular flexibility index (Phi) is 7.65. The van der Waals surface area contributed by atoms with Gasteiger partial charge in [0.2, 0.25) is 5.91 Å². The summed E-state index contributed by atoms with van der Waals surface area (Å²) in [7, 11) is 0. The normalized spacial score (nSPS) is 20.4. The molecule has 1 aromatic heterocycles. The predicted molar refractivity (Wildman–Crippen MR) is 128 cm³/mol. The van der Waals surface area contributed by atoms with Crippen LogP contribution in [0.4, 0.5) is 0 Å². The minimum atomic E-state index is -0.0877. The fourth-order valence-electron chi connectivity index (χ4n) is 5.07. The number of carbonyl (C=O) groups excluding carboxylic acids is 2. The van der Waals surface area contributed by atoms with E-state index in [1.165, 1.54) is 5.56 Å². The highest BCUT2D eigenvalue weighted by molar-refractivity contribution is 6.35. The summed E-state index contributed by atoms with van der Waals surface area (Å²) in [5, 5.41) is 5.97. The largest absolute Gasteiger partial charge is 0.466 e. The third kappa shape index (κ3) is 5.55. The van der Waals surface area contributed by atoms with Gasteiger partial charge >= 0.3 is 5.97 Å². The van der Waals surface area contributed by atoms with Crippen molar-refractivity contribution in [3.8, 4) is 0 Å². The minimum Gasteiger partial charge on any atom is -0.466 e. The van der Waals surface area contributed by atoms with Crippen molar-refractivity contribution in [1.29, 1.82) is 0 Å². The maximum atomic E-state index is 13.1. The quantitative estimate of drug-likeness (QED) is 0.521. The van der Waals surface area contributed by atoms with Crippen molar-refractivity contribution >= 4 is 35.1 Å². The number of benzene rings is 1. The zero-order valence-electron chi connectivity index (χ0n) is 19.3. The first-order valence-corrected chi connectivity index (χ1v) is 12.5. The van der Waals surface area contributed by atoms with E-state index < -0.39 is 0 Å². The van der Waals surface area contributed by atoms with Gasteiger partial charge in [-0.05, 0) is 75.1 Å². The van der Waals surface area contributed by atoms with Gasteiger partial charge in [0.25, 0.3) is 0 Å². The van der Waals surface area contributed by atoms with Crippen LogP contribution < -0.4 is 0 Å². The Bertz CT molecular complexity index is 1030. The molecule has 2 aromatic rings. The van der Waals surface area contributed by atoms with E-state index in [1.54, 1.807) is 6.07 Å². The minimum absolute atomic E-state index is 0.00846. The highest BCUT2D eigenvalue weighted by Crippen LogP contribution is 2.33. The van der Waals surface area contributed by atoms with Crippen LogP contribution in [0.5, 0.6) is 0 Å². The molecule has 1 aliphatic carbocycles. The molecule has 0 atom stereocenters. The molecular weight excluding hydrogens is 461 g/mol. The molecule has 0 spiro atoms. The average molecular weight is 492 g/mol. The summed E-state index contributed by atoms with van der Waals surface area (Å²) in [6.07, 6.45) is 4.79. The second-order valence-corrected chi connectivity index (χ2v) is 9.99. The summed E-state index contributed by atoms with van der Waals surface area (Å²) in [6.45, 7) is 6.12. The summed E-state index contributed by atoms with van der Waals surface area (Å²) < 4.78 is 7.13. The average Bonchev–Trinajstić information content (AvgIpc) is 3.11. The van der Waals surface area contributed by atoms with Crippen molar-refractivity contribution in [1.82, 2.24) is 14.7 Å². The predicted octanol–water partition coefficient (Wildman–Crippen LogP) is 5.19. The van der Waals surface area contributed by atoms with E-state index in [2.05, 4.69) is 0 Å². The number of rotatable bonds is 6. The highest BCUT2D eigenvalue weighted by atomic mass is 35.5. The fraction of sp³-hybridized carbons (Fsp3) is 0.560. The Hall–Kier alpha value is -2.05. The maximum Gasteiger partial charge on any atom is 0.308 e. The molecule has 2 heterocycles. The van der Waals surface area contributed by atoms with Gasteiger partial charge in [-0.1, -0.05) is 29.3 Å². The van der Waals surface area contributed by atoms with Gasteiger partial charge in [0.1, 0.15) is 0 Å². The van der Waals surface area contributed by atoms with E-state index in [-0.39, 0.29) is 17.8 Å². The Morgan fingerprint density at radius 3 is 2.64 bits per heavy atom. The van der Waals surface area contributed by atoms with E-state index in [0.29, 0.717) is 42.1 Å². The molecule has 0 bridgehead atoms. The number of hydrogen-bond acceptors (Lipinski definition) is 4. The zero-order valence-corrected chi connectivity index (χ0v) is 20.8. The molecule has 1 fully saturated rings. The van der Waals surface area contributed by atoms with Crippen molar-refractivity contribution in [2.24, 2.45) is 11.8 Å². The Balaban J connectivity index is 1.38. The molecule has 6 nitrogen and oxygen atoms in total. The molecule has 178 valence electrons. The van der Waals surface area contributed by atoms with Crippen LogP contribution in [0, 0.1) is 18.8 Å². The van der Waals surface area contributed by atoms with Gasteiger partial charge in [0, 0.05) is 23.0 Å². The molecule has 8 heteroatoms. The van der Waals surface area contributed by atoms with Crippen LogP contribution in [0.1, 0.15) is 61.5 Å². The molecule has 2 aliphatic rings. The van der Waals surface area contributed by atoms with Gasteiger partial charge in [0.15, 0.2) is 0 Å². The van der Waals surface area contributed by atoms with Crippen molar-refractivity contribution in [3.63, 3.8) is 0 Å². The maximum absolute atomic E-state index is 13.1. The van der Waals surface area contributed by atoms with Crippen molar-refractivity contribution in [3.05, 3.63) is 50.8 Å². The number of aryl methyl sites for hydroxylation is 1. The molecule has 1 saturated carbocycles. The van der Waals surface area contributed by atoms with Gasteiger partial charge in [0.05, 0.1) is 37.0 Å². The molecule has 0 radical (unpaired) electrons. The molecular formula is C25H31Cl2N3O3. The standard InChI is InChI=1S/C25H31Cl2N3O3/c1-3-33-25(32)18-6-4-17(5-7-18)12-24(31)29-11-10-21-16(2)28-30(23(21)15-29)14-19-8-9-20(26)13-22(19)27/h8-9,13,17-18H,3-7,10-12,14-15H2,1-2H3. The third-order valence-corrected chi connectivity index (χ3v) is 7.54. The van der Waals surface area contributed by atoms with Crippen LogP contribution in [0.25, 0.3) is 0 Å². The van der Waals surface area contributed by atoms with E-state index in [0.717, 1.165) is 55.6 Å². The first kappa shape index (κ1) is 24.1. The number of halogens is 2. The first-order valence-electron chi connectivity index (χ1n) is 11.8. The second kappa shape index (κ2) is 10.5. The number of hydrogen-bond donors (Lipinski definition) is 0. The molecule has 0 unspecified atom stereocenters. The van der Waals surface area contributed by atoms with Gasteiger partial charge in [-0.3, -0.25) is 14.3 Å². The van der Waals surface area contributed by atoms with Crippen molar-refractivity contribution in [2.75, 3.05) is 13.2 Å².